The quantitative estimate of drug-likeness (QED) is 0.759. The van der Waals surface area contributed by atoms with Crippen LogP contribution in [0.3, 0.4) is 0 Å². The van der Waals surface area contributed by atoms with Crippen LogP contribution in [0.4, 0.5) is 0 Å². The van der Waals surface area contributed by atoms with Gasteiger partial charge in [-0.15, -0.1) is 11.6 Å². The second-order valence-electron chi connectivity index (χ2n) is 4.81. The first-order valence-electron chi connectivity index (χ1n) is 6.32. The summed E-state index contributed by atoms with van der Waals surface area (Å²) in [5.74, 6) is 0.576. The zero-order chi connectivity index (χ0) is 12.9. The van der Waals surface area contributed by atoms with Crippen molar-refractivity contribution < 1.29 is 8.42 Å². The van der Waals surface area contributed by atoms with Crippen molar-refractivity contribution in [3.8, 4) is 0 Å². The van der Waals surface area contributed by atoms with Gasteiger partial charge in [-0.25, -0.2) is 0 Å². The van der Waals surface area contributed by atoms with Gasteiger partial charge in [-0.05, 0) is 39.5 Å². The van der Waals surface area contributed by atoms with E-state index in [1.54, 1.807) is 4.31 Å². The van der Waals surface area contributed by atoms with E-state index in [2.05, 4.69) is 4.72 Å². The number of hydrogen-bond donors (Lipinski definition) is 1. The van der Waals surface area contributed by atoms with Crippen LogP contribution in [0, 0.1) is 0 Å². The third-order valence-corrected chi connectivity index (χ3v) is 5.30. The smallest absolute Gasteiger partial charge is 0.199 e. The van der Waals surface area contributed by atoms with E-state index in [4.69, 9.17) is 11.6 Å². The van der Waals surface area contributed by atoms with Crippen molar-refractivity contribution in [2.75, 3.05) is 12.4 Å². The van der Waals surface area contributed by atoms with Gasteiger partial charge in [0.2, 0.25) is 0 Å². The average Bonchev–Trinajstić information content (AvgIpc) is 2.26. The summed E-state index contributed by atoms with van der Waals surface area (Å²) >= 11 is 5.60. The lowest BCUT2D eigenvalue weighted by molar-refractivity contribution is 0.263. The molecule has 1 N–H and O–H groups in total. The first-order chi connectivity index (χ1) is 7.97. The highest BCUT2D eigenvalue weighted by molar-refractivity contribution is 7.87. The van der Waals surface area contributed by atoms with E-state index in [1.807, 2.05) is 13.8 Å². The van der Waals surface area contributed by atoms with E-state index < -0.39 is 10.2 Å². The van der Waals surface area contributed by atoms with Crippen LogP contribution in [0.2, 0.25) is 0 Å². The molecule has 1 fully saturated rings. The van der Waals surface area contributed by atoms with Gasteiger partial charge in [0.05, 0.1) is 0 Å². The predicted molar refractivity (Wildman–Crippen MR) is 71.5 cm³/mol. The second-order valence-corrected chi connectivity index (χ2v) is 6.84. The molecule has 0 spiro atoms. The Morgan fingerprint density at radius 1 is 1.47 bits per heavy atom. The van der Waals surface area contributed by atoms with Gasteiger partial charge in [-0.2, -0.15) is 17.4 Å². The van der Waals surface area contributed by atoms with Crippen molar-refractivity contribution in [2.24, 2.45) is 0 Å². The van der Waals surface area contributed by atoms with Crippen LogP contribution in [0.25, 0.3) is 0 Å². The van der Waals surface area contributed by atoms with Crippen molar-refractivity contribution >= 4 is 21.8 Å². The molecular formula is C11H23ClN2O2S. The van der Waals surface area contributed by atoms with E-state index in [0.29, 0.717) is 12.4 Å². The Morgan fingerprint density at radius 3 is 2.76 bits per heavy atom. The fraction of sp³-hybridized carbons (Fsp3) is 1.00. The molecule has 0 aromatic rings. The first-order valence-corrected chi connectivity index (χ1v) is 8.30. The maximum Gasteiger partial charge on any atom is 0.279 e. The molecular weight excluding hydrogens is 260 g/mol. The lowest BCUT2D eigenvalue weighted by Gasteiger charge is -2.33. The second kappa shape index (κ2) is 6.92. The summed E-state index contributed by atoms with van der Waals surface area (Å²) in [5, 5.41) is 0. The first kappa shape index (κ1) is 15.2. The van der Waals surface area contributed by atoms with Crippen LogP contribution in [0.5, 0.6) is 0 Å². The molecule has 2 atom stereocenters. The molecule has 2 unspecified atom stereocenters. The molecule has 0 saturated carbocycles. The van der Waals surface area contributed by atoms with E-state index in [-0.39, 0.29) is 12.1 Å². The maximum atomic E-state index is 12.2. The number of nitrogens with one attached hydrogen (secondary N) is 1. The summed E-state index contributed by atoms with van der Waals surface area (Å²) in [6.45, 7) is 4.50. The van der Waals surface area contributed by atoms with Gasteiger partial charge in [0.15, 0.2) is 0 Å². The summed E-state index contributed by atoms with van der Waals surface area (Å²) in [4.78, 5) is 0. The molecule has 1 aliphatic heterocycles. The molecule has 1 rings (SSSR count). The molecule has 6 heteroatoms. The van der Waals surface area contributed by atoms with Gasteiger partial charge in [-0.1, -0.05) is 6.42 Å². The average molecular weight is 283 g/mol. The lowest BCUT2D eigenvalue weighted by atomic mass is 10.1. The van der Waals surface area contributed by atoms with Crippen molar-refractivity contribution in [3.05, 3.63) is 0 Å². The Kier molecular flexibility index (Phi) is 6.20. The molecule has 1 saturated heterocycles. The molecule has 0 radical (unpaired) electrons. The Morgan fingerprint density at radius 2 is 2.18 bits per heavy atom. The largest absolute Gasteiger partial charge is 0.279 e. The zero-order valence-corrected chi connectivity index (χ0v) is 12.2. The minimum atomic E-state index is -3.32. The third kappa shape index (κ3) is 4.73. The number of piperidine rings is 1. The molecule has 17 heavy (non-hydrogen) atoms. The van der Waals surface area contributed by atoms with E-state index in [9.17, 15) is 8.42 Å². The van der Waals surface area contributed by atoms with Crippen LogP contribution in [-0.2, 0) is 10.2 Å². The zero-order valence-electron chi connectivity index (χ0n) is 10.7. The molecule has 4 nitrogen and oxygen atoms in total. The van der Waals surface area contributed by atoms with Crippen molar-refractivity contribution in [1.82, 2.24) is 9.03 Å². The van der Waals surface area contributed by atoms with Crippen LogP contribution in [-0.4, -0.2) is 37.2 Å². The van der Waals surface area contributed by atoms with Gasteiger partial charge in [0.25, 0.3) is 10.2 Å². The van der Waals surface area contributed by atoms with Gasteiger partial charge in [-0.3, -0.25) is 0 Å². The highest BCUT2D eigenvalue weighted by Crippen LogP contribution is 2.19. The molecule has 102 valence electrons. The summed E-state index contributed by atoms with van der Waals surface area (Å²) < 4.78 is 28.6. The van der Waals surface area contributed by atoms with E-state index >= 15 is 0 Å². The molecule has 0 amide bonds. The highest BCUT2D eigenvalue weighted by Gasteiger charge is 2.30. The fourth-order valence-corrected chi connectivity index (χ4v) is 4.06. The molecule has 0 bridgehead atoms. The van der Waals surface area contributed by atoms with Gasteiger partial charge in [0.1, 0.15) is 0 Å². The normalized spacial score (nSPS) is 24.8. The van der Waals surface area contributed by atoms with Gasteiger partial charge >= 0.3 is 0 Å². The summed E-state index contributed by atoms with van der Waals surface area (Å²) in [7, 11) is -3.32. The SMILES string of the molecule is CC(CCCCl)NS(=O)(=O)N1CCCCC1C. The highest BCUT2D eigenvalue weighted by atomic mass is 35.5. The van der Waals surface area contributed by atoms with Gasteiger partial charge in [0, 0.05) is 24.5 Å². The topological polar surface area (TPSA) is 49.4 Å². The fourth-order valence-electron chi connectivity index (χ4n) is 2.19. The Bertz CT molecular complexity index is 321. The standard InChI is InChI=1S/C11H23ClN2O2S/c1-10(6-5-8-12)13-17(15,16)14-9-4-3-7-11(14)2/h10-11,13H,3-9H2,1-2H3. The Balaban J connectivity index is 2.54. The number of hydrogen-bond acceptors (Lipinski definition) is 2. The van der Waals surface area contributed by atoms with Crippen LogP contribution >= 0.6 is 11.6 Å². The van der Waals surface area contributed by atoms with Crippen molar-refractivity contribution in [3.63, 3.8) is 0 Å². The molecule has 0 aromatic carbocycles. The van der Waals surface area contributed by atoms with E-state index in [0.717, 1.165) is 32.1 Å². The summed E-state index contributed by atoms with van der Waals surface area (Å²) in [6, 6.07) is 0.0642. The van der Waals surface area contributed by atoms with Gasteiger partial charge < -0.3 is 0 Å². The predicted octanol–water partition coefficient (Wildman–Crippen LogP) is 2.10. The maximum absolute atomic E-state index is 12.2. The minimum Gasteiger partial charge on any atom is -0.199 e. The molecule has 1 heterocycles. The number of rotatable bonds is 6. The molecule has 1 aliphatic rings. The van der Waals surface area contributed by atoms with Crippen molar-refractivity contribution in [2.45, 2.75) is 58.0 Å². The monoisotopic (exact) mass is 282 g/mol. The van der Waals surface area contributed by atoms with Crippen LogP contribution in [0.1, 0.15) is 46.0 Å². The lowest BCUT2D eigenvalue weighted by Crippen LogP contribution is -2.50. The van der Waals surface area contributed by atoms with E-state index in [1.165, 1.54) is 0 Å². The minimum absolute atomic E-state index is 0.0483. The Labute approximate surface area is 110 Å². The summed E-state index contributed by atoms with van der Waals surface area (Å²) in [6.07, 6.45) is 4.65. The van der Waals surface area contributed by atoms with Crippen LogP contribution in [0.15, 0.2) is 0 Å². The third-order valence-electron chi connectivity index (χ3n) is 3.17. The van der Waals surface area contributed by atoms with Crippen LogP contribution < -0.4 is 4.72 Å². The summed E-state index contributed by atoms with van der Waals surface area (Å²) in [5.41, 5.74) is 0. The number of nitrogens with zero attached hydrogens (tertiary/aromatic N) is 1. The number of halogens is 1. The Hall–Kier alpha value is 0.160. The molecule has 0 aliphatic carbocycles. The van der Waals surface area contributed by atoms with Crippen molar-refractivity contribution in [1.29, 1.82) is 0 Å². The number of alkyl halides is 1. The molecule has 0 aromatic heterocycles.